The first-order chi connectivity index (χ1) is 17.4. The van der Waals surface area contributed by atoms with Crippen molar-refractivity contribution in [2.24, 2.45) is 0 Å². The number of pyridine rings is 1. The lowest BCUT2D eigenvalue weighted by Gasteiger charge is -2.30. The summed E-state index contributed by atoms with van der Waals surface area (Å²) in [6.07, 6.45) is 8.67. The molecule has 0 unspecified atom stereocenters. The summed E-state index contributed by atoms with van der Waals surface area (Å²) < 4.78 is 5.34. The average Bonchev–Trinajstić information content (AvgIpc) is 2.88. The van der Waals surface area contributed by atoms with E-state index in [4.69, 9.17) is 16.3 Å². The van der Waals surface area contributed by atoms with Crippen molar-refractivity contribution < 1.29 is 9.53 Å². The number of allylic oxidation sites excluding steroid dienone is 1. The van der Waals surface area contributed by atoms with E-state index in [1.807, 2.05) is 19.1 Å². The van der Waals surface area contributed by atoms with Gasteiger partial charge in [0.1, 0.15) is 11.6 Å². The van der Waals surface area contributed by atoms with Crippen LogP contribution in [0.5, 0.6) is 5.75 Å². The number of ether oxygens (including phenoxy) is 1. The number of hydrogen-bond acceptors (Lipinski definition) is 8. The predicted molar refractivity (Wildman–Crippen MR) is 142 cm³/mol. The molecule has 0 saturated carbocycles. The standard InChI is InChI=1S/C26H30ClN7O2/c1-16-14-34(15-17(2)32-16)23-8-7-21(13-29-23)33-26-30-11-18(12-31-26)5-6-19-9-20(25(35)28-3)10-22(36-4)24(19)27/h7-14,17,32H,5-6,15H2,1-4H3,(H,28,35)(H,30,31,33)/t17-/m0/s1. The molecule has 0 radical (unpaired) electrons. The third-order valence-corrected chi connectivity index (χ3v) is 6.23. The Bertz CT molecular complexity index is 1250. The molecule has 0 fully saturated rings. The molecule has 2 aromatic heterocycles. The quantitative estimate of drug-likeness (QED) is 0.419. The molecule has 1 aliphatic heterocycles. The van der Waals surface area contributed by atoms with Crippen molar-refractivity contribution in [2.45, 2.75) is 32.7 Å². The summed E-state index contributed by atoms with van der Waals surface area (Å²) >= 11 is 6.47. The van der Waals surface area contributed by atoms with Crippen molar-refractivity contribution in [1.82, 2.24) is 25.6 Å². The summed E-state index contributed by atoms with van der Waals surface area (Å²) in [5, 5.41) is 9.71. The molecule has 3 N–H and O–H groups in total. The highest BCUT2D eigenvalue weighted by Crippen LogP contribution is 2.31. The maximum absolute atomic E-state index is 12.1. The summed E-state index contributed by atoms with van der Waals surface area (Å²) in [6.45, 7) is 5.05. The Morgan fingerprint density at radius 2 is 1.97 bits per heavy atom. The van der Waals surface area contributed by atoms with Crippen molar-refractivity contribution in [3.63, 3.8) is 0 Å². The molecule has 0 bridgehead atoms. The Labute approximate surface area is 216 Å². The normalized spacial score (nSPS) is 15.1. The van der Waals surface area contributed by atoms with Crippen LogP contribution in [0.2, 0.25) is 5.02 Å². The zero-order chi connectivity index (χ0) is 25.7. The van der Waals surface area contributed by atoms with Gasteiger partial charge in [0, 0.05) is 49.5 Å². The van der Waals surface area contributed by atoms with Gasteiger partial charge in [-0.2, -0.15) is 0 Å². The predicted octanol–water partition coefficient (Wildman–Crippen LogP) is 4.08. The number of anilines is 3. The van der Waals surface area contributed by atoms with Gasteiger partial charge in [-0.1, -0.05) is 11.6 Å². The number of benzene rings is 1. The minimum Gasteiger partial charge on any atom is -0.495 e. The Balaban J connectivity index is 1.38. The Kier molecular flexibility index (Phi) is 7.90. The first kappa shape index (κ1) is 25.2. The maximum Gasteiger partial charge on any atom is 0.251 e. The highest BCUT2D eigenvalue weighted by molar-refractivity contribution is 6.33. The van der Waals surface area contributed by atoms with Gasteiger partial charge in [-0.25, -0.2) is 15.0 Å². The second kappa shape index (κ2) is 11.3. The van der Waals surface area contributed by atoms with Crippen LogP contribution in [-0.4, -0.2) is 47.6 Å². The van der Waals surface area contributed by atoms with Gasteiger partial charge in [0.05, 0.1) is 24.0 Å². The van der Waals surface area contributed by atoms with E-state index in [2.05, 4.69) is 48.9 Å². The van der Waals surface area contributed by atoms with E-state index < -0.39 is 0 Å². The van der Waals surface area contributed by atoms with Crippen molar-refractivity contribution >= 4 is 35.0 Å². The third-order valence-electron chi connectivity index (χ3n) is 5.80. The monoisotopic (exact) mass is 507 g/mol. The molecule has 0 aliphatic carbocycles. The fourth-order valence-electron chi connectivity index (χ4n) is 4.06. The fourth-order valence-corrected chi connectivity index (χ4v) is 4.34. The van der Waals surface area contributed by atoms with Gasteiger partial charge in [-0.05, 0) is 62.1 Å². The minimum absolute atomic E-state index is 0.193. The van der Waals surface area contributed by atoms with Crippen molar-refractivity contribution in [1.29, 1.82) is 0 Å². The maximum atomic E-state index is 12.1. The smallest absolute Gasteiger partial charge is 0.251 e. The van der Waals surface area contributed by atoms with Gasteiger partial charge >= 0.3 is 0 Å². The molecule has 9 nitrogen and oxygen atoms in total. The van der Waals surface area contributed by atoms with Crippen LogP contribution in [0, 0.1) is 0 Å². The van der Waals surface area contributed by atoms with E-state index in [0.717, 1.165) is 34.9 Å². The summed E-state index contributed by atoms with van der Waals surface area (Å²) in [4.78, 5) is 27.7. The molecule has 1 aliphatic rings. The zero-order valence-electron chi connectivity index (χ0n) is 20.8. The van der Waals surface area contributed by atoms with Crippen LogP contribution in [-0.2, 0) is 12.8 Å². The lowest BCUT2D eigenvalue weighted by molar-refractivity contribution is 0.0962. The van der Waals surface area contributed by atoms with Crippen LogP contribution in [0.4, 0.5) is 17.5 Å². The van der Waals surface area contributed by atoms with Crippen LogP contribution in [0.25, 0.3) is 0 Å². The molecule has 3 aromatic rings. The lowest BCUT2D eigenvalue weighted by Crippen LogP contribution is -2.41. The summed E-state index contributed by atoms with van der Waals surface area (Å²) in [6, 6.07) is 7.72. The number of rotatable bonds is 8. The molecule has 0 saturated heterocycles. The molecule has 10 heteroatoms. The molecule has 1 aromatic carbocycles. The van der Waals surface area contributed by atoms with Gasteiger partial charge in [-0.3, -0.25) is 4.79 Å². The van der Waals surface area contributed by atoms with E-state index in [1.165, 1.54) is 7.11 Å². The number of amides is 1. The number of aryl methyl sites for hydroxylation is 2. The van der Waals surface area contributed by atoms with Gasteiger partial charge in [0.2, 0.25) is 5.95 Å². The van der Waals surface area contributed by atoms with Crippen molar-refractivity contribution in [3.8, 4) is 5.75 Å². The molecule has 1 atom stereocenters. The second-order valence-electron chi connectivity index (χ2n) is 8.69. The molecular weight excluding hydrogens is 478 g/mol. The molecule has 188 valence electrons. The lowest BCUT2D eigenvalue weighted by atomic mass is 10.0. The molecule has 0 spiro atoms. The number of carbonyl (C=O) groups excluding carboxylic acids is 1. The molecule has 36 heavy (non-hydrogen) atoms. The van der Waals surface area contributed by atoms with E-state index in [1.54, 1.807) is 37.8 Å². The number of nitrogens with one attached hydrogen (secondary N) is 3. The van der Waals surface area contributed by atoms with Crippen molar-refractivity contribution in [3.05, 3.63) is 76.5 Å². The largest absolute Gasteiger partial charge is 0.495 e. The summed E-state index contributed by atoms with van der Waals surface area (Å²) in [5.41, 5.74) is 4.20. The van der Waals surface area contributed by atoms with Gasteiger partial charge < -0.3 is 25.6 Å². The first-order valence-electron chi connectivity index (χ1n) is 11.7. The van der Waals surface area contributed by atoms with E-state index >= 15 is 0 Å². The summed E-state index contributed by atoms with van der Waals surface area (Å²) in [7, 11) is 3.12. The van der Waals surface area contributed by atoms with Crippen molar-refractivity contribution in [2.75, 3.05) is 30.9 Å². The highest BCUT2D eigenvalue weighted by atomic mass is 35.5. The first-order valence-corrected chi connectivity index (χ1v) is 12.1. The Morgan fingerprint density at radius 1 is 1.19 bits per heavy atom. The number of hydrogen-bond donors (Lipinski definition) is 3. The summed E-state index contributed by atoms with van der Waals surface area (Å²) in [5.74, 6) is 1.66. The Morgan fingerprint density at radius 3 is 2.61 bits per heavy atom. The minimum atomic E-state index is -0.193. The topological polar surface area (TPSA) is 104 Å². The van der Waals surface area contributed by atoms with E-state index in [9.17, 15) is 4.79 Å². The van der Waals surface area contributed by atoms with Gasteiger partial charge in [0.15, 0.2) is 0 Å². The third kappa shape index (κ3) is 6.04. The van der Waals surface area contributed by atoms with E-state index in [-0.39, 0.29) is 5.91 Å². The number of nitrogens with zero attached hydrogens (tertiary/aromatic N) is 4. The van der Waals surface area contributed by atoms with Gasteiger partial charge in [-0.15, -0.1) is 0 Å². The molecule has 4 rings (SSSR count). The molecular formula is C26H30ClN7O2. The highest BCUT2D eigenvalue weighted by Gasteiger charge is 2.16. The SMILES string of the molecule is CNC(=O)c1cc(CCc2cnc(Nc3ccc(N4C=C(C)N[C@@H](C)C4)nc3)nc2)c(Cl)c(OC)c1. The van der Waals surface area contributed by atoms with Crippen LogP contribution in [0.1, 0.15) is 35.3 Å². The van der Waals surface area contributed by atoms with Crippen LogP contribution >= 0.6 is 11.6 Å². The van der Waals surface area contributed by atoms with E-state index in [0.29, 0.717) is 41.2 Å². The van der Waals surface area contributed by atoms with Gasteiger partial charge in [0.25, 0.3) is 5.91 Å². The molecule has 3 heterocycles. The average molecular weight is 508 g/mol. The number of methoxy groups -OCH3 is 1. The number of aromatic nitrogens is 3. The van der Waals surface area contributed by atoms with Crippen LogP contribution < -0.4 is 25.6 Å². The van der Waals surface area contributed by atoms with Crippen LogP contribution in [0.15, 0.2) is 54.8 Å². The second-order valence-corrected chi connectivity index (χ2v) is 9.06. The fraction of sp³-hybridized carbons (Fsp3) is 0.308. The number of halogens is 1. The number of carbonyl (C=O) groups is 1. The van der Waals surface area contributed by atoms with Crippen LogP contribution in [0.3, 0.4) is 0 Å². The molecule has 1 amide bonds. The Hall–Kier alpha value is -3.85. The zero-order valence-corrected chi connectivity index (χ0v) is 21.6.